The topological polar surface area (TPSA) is 67.3 Å². The molecular weight excluding hydrogens is 356 g/mol. The standard InChI is InChI=1S/C17H24N4O2S2/c1-3-23-10-6-7-18-15(22)13-11-12-14(21-8-4-5-9-21)19-17(24-2)20-16(12)25-13/h11H,3-10H2,1-2H3,(H,18,22). The van der Waals surface area contributed by atoms with Gasteiger partial charge in [0.2, 0.25) is 0 Å². The predicted molar refractivity (Wildman–Crippen MR) is 104 cm³/mol. The zero-order valence-corrected chi connectivity index (χ0v) is 16.3. The molecule has 1 aliphatic rings. The number of fused-ring (bicyclic) bond motifs is 1. The summed E-state index contributed by atoms with van der Waals surface area (Å²) in [6, 6.07) is 1.94. The number of anilines is 1. The number of nitrogens with zero attached hydrogens (tertiary/aromatic N) is 3. The number of carbonyl (C=O) groups is 1. The highest BCUT2D eigenvalue weighted by Gasteiger charge is 2.21. The average molecular weight is 381 g/mol. The smallest absolute Gasteiger partial charge is 0.261 e. The first kappa shape index (κ1) is 18.4. The Hall–Kier alpha value is -1.38. The molecule has 25 heavy (non-hydrogen) atoms. The van der Waals surface area contributed by atoms with E-state index in [-0.39, 0.29) is 5.91 Å². The molecule has 1 amide bonds. The second kappa shape index (κ2) is 8.82. The molecule has 0 saturated carbocycles. The molecule has 0 atom stereocenters. The quantitative estimate of drug-likeness (QED) is 0.431. The third-order valence-corrected chi connectivity index (χ3v) is 5.69. The van der Waals surface area contributed by atoms with Crippen LogP contribution in [0.1, 0.15) is 35.9 Å². The highest BCUT2D eigenvalue weighted by molar-refractivity contribution is 7.98. The molecule has 0 aromatic carbocycles. The molecule has 0 bridgehead atoms. The van der Waals surface area contributed by atoms with Crippen LogP contribution in [0.15, 0.2) is 11.2 Å². The van der Waals surface area contributed by atoms with Crippen LogP contribution in [0.25, 0.3) is 10.2 Å². The molecular formula is C17H24N4O2S2. The van der Waals surface area contributed by atoms with Crippen molar-refractivity contribution in [3.63, 3.8) is 0 Å². The van der Waals surface area contributed by atoms with E-state index in [9.17, 15) is 4.79 Å². The first-order valence-corrected chi connectivity index (χ1v) is 10.7. The van der Waals surface area contributed by atoms with Crippen molar-refractivity contribution in [2.75, 3.05) is 44.0 Å². The Morgan fingerprint density at radius 2 is 2.20 bits per heavy atom. The molecule has 1 saturated heterocycles. The molecule has 3 rings (SSSR count). The van der Waals surface area contributed by atoms with Gasteiger partial charge in [0, 0.05) is 32.8 Å². The van der Waals surface area contributed by atoms with Crippen molar-refractivity contribution in [3.8, 4) is 0 Å². The second-order valence-electron chi connectivity index (χ2n) is 5.86. The number of aromatic nitrogens is 2. The minimum absolute atomic E-state index is 0.0439. The van der Waals surface area contributed by atoms with Crippen LogP contribution in [-0.4, -0.2) is 55.0 Å². The number of amides is 1. The minimum Gasteiger partial charge on any atom is -0.382 e. The molecule has 0 unspecified atom stereocenters. The van der Waals surface area contributed by atoms with Crippen LogP contribution in [0.4, 0.5) is 5.82 Å². The van der Waals surface area contributed by atoms with Gasteiger partial charge in [0.1, 0.15) is 10.6 Å². The summed E-state index contributed by atoms with van der Waals surface area (Å²) in [7, 11) is 0. The second-order valence-corrected chi connectivity index (χ2v) is 7.67. The summed E-state index contributed by atoms with van der Waals surface area (Å²) in [6.07, 6.45) is 5.18. The summed E-state index contributed by atoms with van der Waals surface area (Å²) in [5.41, 5.74) is 0. The van der Waals surface area contributed by atoms with E-state index in [2.05, 4.69) is 15.2 Å². The van der Waals surface area contributed by atoms with Gasteiger partial charge >= 0.3 is 0 Å². The lowest BCUT2D eigenvalue weighted by atomic mass is 10.3. The Bertz CT molecular complexity index is 729. The van der Waals surface area contributed by atoms with E-state index in [0.29, 0.717) is 24.6 Å². The molecule has 6 nitrogen and oxygen atoms in total. The highest BCUT2D eigenvalue weighted by Crippen LogP contribution is 2.34. The van der Waals surface area contributed by atoms with Gasteiger partial charge in [0.05, 0.1) is 10.3 Å². The minimum atomic E-state index is -0.0439. The van der Waals surface area contributed by atoms with Gasteiger partial charge < -0.3 is 15.0 Å². The summed E-state index contributed by atoms with van der Waals surface area (Å²) in [6.45, 7) is 6.01. The van der Waals surface area contributed by atoms with E-state index in [1.165, 1.54) is 35.9 Å². The summed E-state index contributed by atoms with van der Waals surface area (Å²) in [4.78, 5) is 25.6. The molecule has 3 heterocycles. The highest BCUT2D eigenvalue weighted by atomic mass is 32.2. The van der Waals surface area contributed by atoms with Crippen molar-refractivity contribution < 1.29 is 9.53 Å². The molecule has 0 radical (unpaired) electrons. The first-order chi connectivity index (χ1) is 12.2. The number of hydrogen-bond acceptors (Lipinski definition) is 7. The maximum Gasteiger partial charge on any atom is 0.261 e. The molecule has 1 fully saturated rings. The van der Waals surface area contributed by atoms with E-state index in [4.69, 9.17) is 9.72 Å². The van der Waals surface area contributed by atoms with Gasteiger partial charge in [-0.15, -0.1) is 11.3 Å². The SMILES string of the molecule is CCOCCCNC(=O)c1cc2c(N3CCCC3)nc(SC)nc2s1. The fourth-order valence-corrected chi connectivity index (χ4v) is 4.23. The van der Waals surface area contributed by atoms with Crippen molar-refractivity contribution in [3.05, 3.63) is 10.9 Å². The Balaban J connectivity index is 1.78. The van der Waals surface area contributed by atoms with Gasteiger partial charge in [-0.2, -0.15) is 0 Å². The Labute approximate surface area is 156 Å². The fourth-order valence-electron chi connectivity index (χ4n) is 2.87. The number of rotatable bonds is 8. The molecule has 0 aliphatic carbocycles. The molecule has 8 heteroatoms. The van der Waals surface area contributed by atoms with Crippen LogP contribution < -0.4 is 10.2 Å². The molecule has 0 spiro atoms. The first-order valence-electron chi connectivity index (χ1n) is 8.69. The lowest BCUT2D eigenvalue weighted by Crippen LogP contribution is -2.24. The van der Waals surface area contributed by atoms with E-state index < -0.39 is 0 Å². The van der Waals surface area contributed by atoms with E-state index in [1.807, 2.05) is 19.2 Å². The molecule has 2 aromatic heterocycles. The van der Waals surface area contributed by atoms with Gasteiger partial charge in [0.15, 0.2) is 5.16 Å². The normalized spacial score (nSPS) is 14.4. The lowest BCUT2D eigenvalue weighted by molar-refractivity contribution is 0.0948. The van der Waals surface area contributed by atoms with Gasteiger partial charge in [-0.25, -0.2) is 9.97 Å². The van der Waals surface area contributed by atoms with Crippen molar-refractivity contribution in [1.29, 1.82) is 0 Å². The zero-order valence-electron chi connectivity index (χ0n) is 14.7. The van der Waals surface area contributed by atoms with Crippen LogP contribution in [0.3, 0.4) is 0 Å². The van der Waals surface area contributed by atoms with Gasteiger partial charge in [-0.3, -0.25) is 4.79 Å². The van der Waals surface area contributed by atoms with E-state index in [1.54, 1.807) is 0 Å². The van der Waals surface area contributed by atoms with Crippen molar-refractivity contribution in [1.82, 2.24) is 15.3 Å². The van der Waals surface area contributed by atoms with Gasteiger partial charge in [-0.05, 0) is 38.5 Å². The lowest BCUT2D eigenvalue weighted by Gasteiger charge is -2.17. The van der Waals surface area contributed by atoms with Crippen molar-refractivity contribution in [2.45, 2.75) is 31.3 Å². The maximum atomic E-state index is 12.4. The number of thiophene rings is 1. The zero-order chi connectivity index (χ0) is 17.6. The molecule has 1 aliphatic heterocycles. The number of carbonyl (C=O) groups excluding carboxylic acids is 1. The van der Waals surface area contributed by atoms with Crippen LogP contribution in [0.5, 0.6) is 0 Å². The summed E-state index contributed by atoms with van der Waals surface area (Å²) >= 11 is 2.98. The van der Waals surface area contributed by atoms with Crippen molar-refractivity contribution >= 4 is 45.0 Å². The van der Waals surface area contributed by atoms with Gasteiger partial charge in [0.25, 0.3) is 5.91 Å². The summed E-state index contributed by atoms with van der Waals surface area (Å²) in [5, 5.41) is 4.71. The Kier molecular flexibility index (Phi) is 6.50. The Morgan fingerprint density at radius 3 is 2.92 bits per heavy atom. The third-order valence-electron chi connectivity index (χ3n) is 4.12. The molecule has 136 valence electrons. The third kappa shape index (κ3) is 4.43. The molecule has 1 N–H and O–H groups in total. The number of hydrogen-bond donors (Lipinski definition) is 1. The average Bonchev–Trinajstić information content (AvgIpc) is 3.29. The van der Waals surface area contributed by atoms with E-state index >= 15 is 0 Å². The number of nitrogens with one attached hydrogen (secondary N) is 1. The monoisotopic (exact) mass is 380 g/mol. The fraction of sp³-hybridized carbons (Fsp3) is 0.588. The summed E-state index contributed by atoms with van der Waals surface area (Å²) < 4.78 is 5.29. The van der Waals surface area contributed by atoms with Crippen molar-refractivity contribution in [2.24, 2.45) is 0 Å². The van der Waals surface area contributed by atoms with Crippen LogP contribution >= 0.6 is 23.1 Å². The predicted octanol–water partition coefficient (Wildman–Crippen LogP) is 3.17. The largest absolute Gasteiger partial charge is 0.382 e. The van der Waals surface area contributed by atoms with Crippen LogP contribution in [0.2, 0.25) is 0 Å². The number of ether oxygens (including phenoxy) is 1. The van der Waals surface area contributed by atoms with Crippen LogP contribution in [-0.2, 0) is 4.74 Å². The Morgan fingerprint density at radius 1 is 1.40 bits per heavy atom. The number of thioether (sulfide) groups is 1. The summed E-state index contributed by atoms with van der Waals surface area (Å²) in [5.74, 6) is 0.927. The maximum absolute atomic E-state index is 12.4. The van der Waals surface area contributed by atoms with Crippen LogP contribution in [0, 0.1) is 0 Å². The molecule has 2 aromatic rings. The van der Waals surface area contributed by atoms with E-state index in [0.717, 1.165) is 40.7 Å². The van der Waals surface area contributed by atoms with Gasteiger partial charge in [-0.1, -0.05) is 11.8 Å².